The minimum atomic E-state index is -0.0135. The molecule has 2 aliphatic heterocycles. The van der Waals surface area contributed by atoms with Gasteiger partial charge in [-0.25, -0.2) is 4.98 Å². The van der Waals surface area contributed by atoms with Gasteiger partial charge in [0.2, 0.25) is 0 Å². The highest BCUT2D eigenvalue weighted by molar-refractivity contribution is 5.92. The van der Waals surface area contributed by atoms with Crippen LogP contribution in [0.2, 0.25) is 0 Å². The number of likely N-dealkylation sites (tertiary alicyclic amines) is 1. The molecule has 1 fully saturated rings. The van der Waals surface area contributed by atoms with Gasteiger partial charge in [-0.2, -0.15) is 5.10 Å². The summed E-state index contributed by atoms with van der Waals surface area (Å²) < 4.78 is 14.8. The lowest BCUT2D eigenvalue weighted by Crippen LogP contribution is -2.40. The van der Waals surface area contributed by atoms with Crippen LogP contribution in [0.25, 0.3) is 0 Å². The molecule has 2 aromatic heterocycles. The van der Waals surface area contributed by atoms with Crippen LogP contribution in [0.3, 0.4) is 0 Å². The van der Waals surface area contributed by atoms with Crippen LogP contribution in [0.5, 0.6) is 0 Å². The Bertz CT molecular complexity index is 812. The minimum Gasteiger partial charge on any atom is -0.383 e. The molecular formula is C19H27N5O3. The molecule has 27 heavy (non-hydrogen) atoms. The van der Waals surface area contributed by atoms with Crippen LogP contribution in [0.15, 0.2) is 12.5 Å². The molecule has 4 rings (SSSR count). The molecule has 146 valence electrons. The number of hydrogen-bond acceptors (Lipinski definition) is 5. The Kier molecular flexibility index (Phi) is 5.27. The van der Waals surface area contributed by atoms with Crippen LogP contribution >= 0.6 is 0 Å². The lowest BCUT2D eigenvalue weighted by atomic mass is 9.95. The topological polar surface area (TPSA) is 74.4 Å². The zero-order valence-corrected chi connectivity index (χ0v) is 16.1. The van der Waals surface area contributed by atoms with E-state index in [1.165, 1.54) is 5.69 Å². The molecule has 1 unspecified atom stereocenters. The van der Waals surface area contributed by atoms with Crippen LogP contribution < -0.4 is 0 Å². The number of fused-ring (bicyclic) bond motifs is 1. The number of piperidine rings is 1. The molecule has 0 aromatic carbocycles. The number of methoxy groups -OCH3 is 1. The van der Waals surface area contributed by atoms with E-state index in [0.29, 0.717) is 25.5 Å². The highest BCUT2D eigenvalue weighted by Gasteiger charge is 2.35. The molecule has 0 bridgehead atoms. The molecule has 0 aliphatic carbocycles. The van der Waals surface area contributed by atoms with Gasteiger partial charge in [0.05, 0.1) is 50.6 Å². The van der Waals surface area contributed by atoms with Crippen molar-refractivity contribution in [2.75, 3.05) is 26.9 Å². The molecule has 0 radical (unpaired) electrons. The summed E-state index contributed by atoms with van der Waals surface area (Å²) in [6.45, 7) is 3.38. The number of imidazole rings is 1. The number of carbonyl (C=O) groups is 1. The molecule has 8 heteroatoms. The van der Waals surface area contributed by atoms with Crippen LogP contribution in [-0.4, -0.2) is 57.0 Å². The van der Waals surface area contributed by atoms with Crippen molar-refractivity contribution in [2.24, 2.45) is 7.05 Å². The summed E-state index contributed by atoms with van der Waals surface area (Å²) in [6.07, 6.45) is 7.21. The molecule has 1 atom stereocenters. The summed E-state index contributed by atoms with van der Waals surface area (Å²) in [7, 11) is 3.56. The fourth-order valence-corrected chi connectivity index (χ4v) is 4.13. The first-order valence-electron chi connectivity index (χ1n) is 9.63. The standard InChI is InChI=1S/C19H27N5O3/c1-22-13-20-11-17(22)19(25)23-7-4-3-5-16(23)18-14-12-27-9-6-15(14)24(21-18)8-10-26-2/h11,13,16H,3-10,12H2,1-2H3. The molecule has 8 nitrogen and oxygen atoms in total. The average molecular weight is 373 g/mol. The first-order chi connectivity index (χ1) is 13.2. The number of rotatable bonds is 5. The van der Waals surface area contributed by atoms with Crippen molar-refractivity contribution in [1.29, 1.82) is 0 Å². The summed E-state index contributed by atoms with van der Waals surface area (Å²) in [5.41, 5.74) is 4.00. The van der Waals surface area contributed by atoms with Crippen molar-refractivity contribution < 1.29 is 14.3 Å². The Morgan fingerprint density at radius 2 is 2.30 bits per heavy atom. The van der Waals surface area contributed by atoms with E-state index < -0.39 is 0 Å². The first kappa shape index (κ1) is 18.2. The smallest absolute Gasteiger partial charge is 0.272 e. The van der Waals surface area contributed by atoms with E-state index in [0.717, 1.165) is 50.0 Å². The zero-order chi connectivity index (χ0) is 18.8. The Morgan fingerprint density at radius 3 is 3.07 bits per heavy atom. The number of nitrogens with zero attached hydrogens (tertiary/aromatic N) is 5. The van der Waals surface area contributed by atoms with Crippen molar-refractivity contribution in [3.05, 3.63) is 35.2 Å². The molecule has 1 amide bonds. The lowest BCUT2D eigenvalue weighted by Gasteiger charge is -2.35. The van der Waals surface area contributed by atoms with Gasteiger partial charge < -0.3 is 18.9 Å². The van der Waals surface area contributed by atoms with Crippen LogP contribution in [0.1, 0.15) is 52.7 Å². The third-order valence-electron chi connectivity index (χ3n) is 5.55. The van der Waals surface area contributed by atoms with E-state index in [4.69, 9.17) is 14.6 Å². The molecule has 0 saturated carbocycles. The van der Waals surface area contributed by atoms with Gasteiger partial charge in [-0.1, -0.05) is 0 Å². The summed E-state index contributed by atoms with van der Waals surface area (Å²) in [5, 5.41) is 4.93. The van der Waals surface area contributed by atoms with Gasteiger partial charge in [0.15, 0.2) is 0 Å². The van der Waals surface area contributed by atoms with Crippen molar-refractivity contribution in [3.63, 3.8) is 0 Å². The Morgan fingerprint density at radius 1 is 1.41 bits per heavy atom. The Balaban J connectivity index is 1.68. The Hall–Kier alpha value is -2.19. The second-order valence-electron chi connectivity index (χ2n) is 7.23. The Labute approximate surface area is 159 Å². The summed E-state index contributed by atoms with van der Waals surface area (Å²) in [6, 6.07) is -0.0135. The van der Waals surface area contributed by atoms with Gasteiger partial charge >= 0.3 is 0 Å². The van der Waals surface area contributed by atoms with Gasteiger partial charge in [0, 0.05) is 38.4 Å². The van der Waals surface area contributed by atoms with E-state index in [1.54, 1.807) is 24.2 Å². The largest absolute Gasteiger partial charge is 0.383 e. The van der Waals surface area contributed by atoms with Gasteiger partial charge in [-0.3, -0.25) is 9.48 Å². The van der Waals surface area contributed by atoms with Gasteiger partial charge in [0.1, 0.15) is 5.69 Å². The highest BCUT2D eigenvalue weighted by Crippen LogP contribution is 2.35. The predicted octanol–water partition coefficient (Wildman–Crippen LogP) is 1.70. The first-order valence-corrected chi connectivity index (χ1v) is 9.63. The predicted molar refractivity (Wildman–Crippen MR) is 98.3 cm³/mol. The van der Waals surface area contributed by atoms with E-state index in [2.05, 4.69) is 9.67 Å². The summed E-state index contributed by atoms with van der Waals surface area (Å²) in [4.78, 5) is 19.3. The minimum absolute atomic E-state index is 0.0135. The molecule has 2 aromatic rings. The molecule has 0 N–H and O–H groups in total. The number of aryl methyl sites for hydroxylation is 1. The summed E-state index contributed by atoms with van der Waals surface area (Å²) >= 11 is 0. The van der Waals surface area contributed by atoms with E-state index in [1.807, 2.05) is 11.9 Å². The molecule has 1 saturated heterocycles. The zero-order valence-electron chi connectivity index (χ0n) is 16.1. The van der Waals surface area contributed by atoms with Crippen molar-refractivity contribution in [2.45, 2.75) is 44.9 Å². The third-order valence-corrected chi connectivity index (χ3v) is 5.55. The fraction of sp³-hybridized carbons (Fsp3) is 0.632. The quantitative estimate of drug-likeness (QED) is 0.798. The van der Waals surface area contributed by atoms with Gasteiger partial charge in [-0.05, 0) is 19.3 Å². The van der Waals surface area contributed by atoms with E-state index >= 15 is 0 Å². The second kappa shape index (κ2) is 7.82. The normalized spacial score (nSPS) is 19.9. The van der Waals surface area contributed by atoms with E-state index in [9.17, 15) is 4.79 Å². The maximum Gasteiger partial charge on any atom is 0.272 e. The number of carbonyl (C=O) groups excluding carboxylic acids is 1. The molecule has 4 heterocycles. The summed E-state index contributed by atoms with van der Waals surface area (Å²) in [5.74, 6) is 0.0246. The highest BCUT2D eigenvalue weighted by atomic mass is 16.5. The maximum atomic E-state index is 13.2. The van der Waals surface area contributed by atoms with Crippen LogP contribution in [-0.2, 0) is 36.1 Å². The lowest BCUT2D eigenvalue weighted by molar-refractivity contribution is 0.0586. The molecule has 0 spiro atoms. The number of hydrogen-bond donors (Lipinski definition) is 0. The third kappa shape index (κ3) is 3.39. The average Bonchev–Trinajstić information content (AvgIpc) is 3.29. The van der Waals surface area contributed by atoms with Gasteiger partial charge in [-0.15, -0.1) is 0 Å². The monoisotopic (exact) mass is 373 g/mol. The number of aromatic nitrogens is 4. The molecule has 2 aliphatic rings. The second-order valence-corrected chi connectivity index (χ2v) is 7.23. The van der Waals surface area contributed by atoms with Crippen molar-refractivity contribution in [3.8, 4) is 0 Å². The van der Waals surface area contributed by atoms with Crippen LogP contribution in [0.4, 0.5) is 0 Å². The fourth-order valence-electron chi connectivity index (χ4n) is 4.13. The SMILES string of the molecule is COCCn1nc(C2CCCCN2C(=O)c2cncn2C)c2c1CCOC2. The van der Waals surface area contributed by atoms with Crippen molar-refractivity contribution >= 4 is 5.91 Å². The van der Waals surface area contributed by atoms with Crippen LogP contribution in [0, 0.1) is 0 Å². The van der Waals surface area contributed by atoms with Crippen molar-refractivity contribution in [1.82, 2.24) is 24.2 Å². The number of amides is 1. The van der Waals surface area contributed by atoms with Gasteiger partial charge in [0.25, 0.3) is 5.91 Å². The molecular weight excluding hydrogens is 346 g/mol. The van der Waals surface area contributed by atoms with E-state index in [-0.39, 0.29) is 11.9 Å². The maximum absolute atomic E-state index is 13.2. The number of ether oxygens (including phenoxy) is 2.